The molecule has 1 unspecified atom stereocenters. The second-order valence-electron chi connectivity index (χ2n) is 5.00. The van der Waals surface area contributed by atoms with Crippen molar-refractivity contribution in [3.05, 3.63) is 69.2 Å². The highest BCUT2D eigenvalue weighted by Crippen LogP contribution is 2.33. The number of benzene rings is 2. The highest BCUT2D eigenvalue weighted by molar-refractivity contribution is 9.10. The van der Waals surface area contributed by atoms with Gasteiger partial charge in [0.05, 0.1) is 6.04 Å². The van der Waals surface area contributed by atoms with Crippen LogP contribution in [-0.2, 0) is 0 Å². The molecule has 4 heteroatoms. The van der Waals surface area contributed by atoms with Gasteiger partial charge in [0.15, 0.2) is 0 Å². The molecule has 2 rings (SSSR count). The van der Waals surface area contributed by atoms with Crippen LogP contribution in [0.15, 0.2) is 40.9 Å². The summed E-state index contributed by atoms with van der Waals surface area (Å²) in [5, 5.41) is 3.24. The second kappa shape index (κ2) is 7.14. The zero-order chi connectivity index (χ0) is 15.4. The molecule has 0 bridgehead atoms. The van der Waals surface area contributed by atoms with E-state index in [1.54, 1.807) is 0 Å². The molecule has 1 N–H and O–H groups in total. The Hall–Kier alpha value is -1.26. The van der Waals surface area contributed by atoms with Crippen LogP contribution >= 0.6 is 15.9 Å². The summed E-state index contributed by atoms with van der Waals surface area (Å²) in [6.45, 7) is 4.66. The first-order valence-corrected chi connectivity index (χ1v) is 7.77. The van der Waals surface area contributed by atoms with E-state index in [2.05, 4.69) is 21.2 Å². The maximum absolute atomic E-state index is 14.2. The summed E-state index contributed by atoms with van der Waals surface area (Å²) >= 11 is 3.53. The van der Waals surface area contributed by atoms with Gasteiger partial charge in [0, 0.05) is 10.0 Å². The van der Waals surface area contributed by atoms with Crippen LogP contribution in [0, 0.1) is 18.6 Å². The van der Waals surface area contributed by atoms with Crippen LogP contribution in [0.2, 0.25) is 0 Å². The topological polar surface area (TPSA) is 12.0 Å². The van der Waals surface area contributed by atoms with E-state index in [1.807, 2.05) is 32.0 Å². The van der Waals surface area contributed by atoms with Crippen molar-refractivity contribution in [2.75, 3.05) is 6.54 Å². The number of hydrogen-bond acceptors (Lipinski definition) is 1. The van der Waals surface area contributed by atoms with E-state index >= 15 is 0 Å². The molecule has 0 aliphatic carbocycles. The summed E-state index contributed by atoms with van der Waals surface area (Å²) in [4.78, 5) is 0. The molecule has 0 fully saturated rings. The van der Waals surface area contributed by atoms with Crippen molar-refractivity contribution in [1.29, 1.82) is 0 Å². The van der Waals surface area contributed by atoms with Gasteiger partial charge in [-0.2, -0.15) is 0 Å². The lowest BCUT2D eigenvalue weighted by Gasteiger charge is -2.22. The largest absolute Gasteiger partial charge is 0.306 e. The van der Waals surface area contributed by atoms with Gasteiger partial charge < -0.3 is 5.32 Å². The molecule has 0 saturated carbocycles. The Bertz CT molecular complexity index is 608. The number of halogens is 3. The summed E-state index contributed by atoms with van der Waals surface area (Å²) in [5.74, 6) is -1.06. The predicted octanol–water partition coefficient (Wildman–Crippen LogP) is 5.12. The molecule has 0 spiro atoms. The lowest BCUT2D eigenvalue weighted by Crippen LogP contribution is -2.25. The second-order valence-corrected chi connectivity index (χ2v) is 5.79. The van der Waals surface area contributed by atoms with Crippen molar-refractivity contribution in [2.24, 2.45) is 0 Å². The highest BCUT2D eigenvalue weighted by Gasteiger charge is 2.23. The van der Waals surface area contributed by atoms with Crippen molar-refractivity contribution in [1.82, 2.24) is 5.32 Å². The minimum atomic E-state index is -0.531. The number of hydrogen-bond donors (Lipinski definition) is 1. The monoisotopic (exact) mass is 353 g/mol. The fraction of sp³-hybridized carbons (Fsp3) is 0.294. The van der Waals surface area contributed by atoms with Crippen LogP contribution in [0.5, 0.6) is 0 Å². The fourth-order valence-corrected chi connectivity index (χ4v) is 2.83. The first-order chi connectivity index (χ1) is 10.1. The lowest BCUT2D eigenvalue weighted by atomic mass is 9.96. The van der Waals surface area contributed by atoms with Gasteiger partial charge in [-0.1, -0.05) is 47.1 Å². The Morgan fingerprint density at radius 3 is 2.33 bits per heavy atom. The number of nitrogens with one attached hydrogen (secondary N) is 1. The van der Waals surface area contributed by atoms with E-state index < -0.39 is 17.7 Å². The minimum Gasteiger partial charge on any atom is -0.306 e. The Labute approximate surface area is 132 Å². The average Bonchev–Trinajstić information content (AvgIpc) is 2.45. The average molecular weight is 354 g/mol. The number of aryl methyl sites for hydroxylation is 1. The molecule has 112 valence electrons. The zero-order valence-electron chi connectivity index (χ0n) is 12.1. The van der Waals surface area contributed by atoms with E-state index in [-0.39, 0.29) is 5.56 Å². The van der Waals surface area contributed by atoms with E-state index in [0.29, 0.717) is 6.54 Å². The van der Waals surface area contributed by atoms with E-state index in [1.165, 1.54) is 18.2 Å². The Morgan fingerprint density at radius 1 is 1.10 bits per heavy atom. The molecular formula is C17H18BrF2N. The van der Waals surface area contributed by atoms with Gasteiger partial charge >= 0.3 is 0 Å². The standard InChI is InChI=1S/C17H18BrF2N/c1-3-10-21-17(12-7-4-6-11(2)16(12)18)15-13(19)8-5-9-14(15)20/h4-9,17,21H,3,10H2,1-2H3. The highest BCUT2D eigenvalue weighted by atomic mass is 79.9. The van der Waals surface area contributed by atoms with Crippen LogP contribution in [-0.4, -0.2) is 6.54 Å². The van der Waals surface area contributed by atoms with Crippen molar-refractivity contribution in [2.45, 2.75) is 26.3 Å². The smallest absolute Gasteiger partial charge is 0.131 e. The molecular weight excluding hydrogens is 336 g/mol. The Balaban J connectivity index is 2.55. The van der Waals surface area contributed by atoms with Gasteiger partial charge in [-0.3, -0.25) is 0 Å². The maximum Gasteiger partial charge on any atom is 0.131 e. The third kappa shape index (κ3) is 3.50. The third-order valence-electron chi connectivity index (χ3n) is 3.42. The van der Waals surface area contributed by atoms with E-state index in [0.717, 1.165) is 22.0 Å². The van der Waals surface area contributed by atoms with Crippen LogP contribution in [0.3, 0.4) is 0 Å². The van der Waals surface area contributed by atoms with Crippen LogP contribution in [0.1, 0.15) is 36.1 Å². The van der Waals surface area contributed by atoms with Gasteiger partial charge in [0.1, 0.15) is 11.6 Å². The van der Waals surface area contributed by atoms with Gasteiger partial charge in [-0.15, -0.1) is 0 Å². The minimum absolute atomic E-state index is 0.0669. The van der Waals surface area contributed by atoms with E-state index in [9.17, 15) is 8.78 Å². The molecule has 0 aromatic heterocycles. The molecule has 0 amide bonds. The zero-order valence-corrected chi connectivity index (χ0v) is 13.7. The van der Waals surface area contributed by atoms with Crippen molar-refractivity contribution in [3.63, 3.8) is 0 Å². The third-order valence-corrected chi connectivity index (χ3v) is 4.50. The SMILES string of the molecule is CCCNC(c1cccc(C)c1Br)c1c(F)cccc1F. The van der Waals surface area contributed by atoms with Crippen molar-refractivity contribution < 1.29 is 8.78 Å². The van der Waals surface area contributed by atoms with Gasteiger partial charge in [-0.05, 0) is 43.1 Å². The first kappa shape index (κ1) is 16.1. The molecule has 1 nitrogen and oxygen atoms in total. The van der Waals surface area contributed by atoms with E-state index in [4.69, 9.17) is 0 Å². The molecule has 0 radical (unpaired) electrons. The van der Waals surface area contributed by atoms with Crippen molar-refractivity contribution in [3.8, 4) is 0 Å². The molecule has 2 aromatic rings. The van der Waals surface area contributed by atoms with Gasteiger partial charge in [0.2, 0.25) is 0 Å². The first-order valence-electron chi connectivity index (χ1n) is 6.98. The predicted molar refractivity (Wildman–Crippen MR) is 85.4 cm³/mol. The Morgan fingerprint density at radius 2 is 1.71 bits per heavy atom. The summed E-state index contributed by atoms with van der Waals surface area (Å²) in [6, 6.07) is 9.20. The summed E-state index contributed by atoms with van der Waals surface area (Å²) in [6.07, 6.45) is 0.885. The summed E-state index contributed by atoms with van der Waals surface area (Å²) in [7, 11) is 0. The Kier molecular flexibility index (Phi) is 5.48. The lowest BCUT2D eigenvalue weighted by molar-refractivity contribution is 0.502. The van der Waals surface area contributed by atoms with Gasteiger partial charge in [0.25, 0.3) is 0 Å². The maximum atomic E-state index is 14.2. The molecule has 0 saturated heterocycles. The van der Waals surface area contributed by atoms with Gasteiger partial charge in [-0.25, -0.2) is 8.78 Å². The summed E-state index contributed by atoms with van der Waals surface area (Å²) < 4.78 is 29.2. The fourth-order valence-electron chi connectivity index (χ4n) is 2.34. The van der Waals surface area contributed by atoms with Crippen LogP contribution in [0.4, 0.5) is 8.78 Å². The number of rotatable bonds is 5. The normalized spacial score (nSPS) is 12.4. The van der Waals surface area contributed by atoms with Crippen LogP contribution < -0.4 is 5.32 Å². The molecule has 0 heterocycles. The summed E-state index contributed by atoms with van der Waals surface area (Å²) in [5.41, 5.74) is 1.94. The van der Waals surface area contributed by atoms with Crippen LogP contribution in [0.25, 0.3) is 0 Å². The molecule has 1 atom stereocenters. The molecule has 21 heavy (non-hydrogen) atoms. The quantitative estimate of drug-likeness (QED) is 0.785. The molecule has 0 aliphatic heterocycles. The molecule has 2 aromatic carbocycles. The molecule has 0 aliphatic rings. The van der Waals surface area contributed by atoms with Crippen molar-refractivity contribution >= 4 is 15.9 Å².